The summed E-state index contributed by atoms with van der Waals surface area (Å²) >= 11 is 4.79. The number of carbonyl (C=O) groups excluding carboxylic acids is 2. The Kier molecular flexibility index (Phi) is 8.75. The fraction of sp³-hybridized carbons (Fsp3) is 0.500. The standard InChI is InChI=1S/C24H31BrN4O3S/c1-4-5-20(23(32)29-12-10-17(11-13-29)21(26)30)33-24-27-15(2)19(22(31)28(24)3)14-16-6-8-18(25)9-7-16/h6-9,17,20H,4-5,10-14H2,1-3H3,(H2,26,30). The van der Waals surface area contributed by atoms with E-state index in [4.69, 9.17) is 10.7 Å². The second-order valence-electron chi connectivity index (χ2n) is 8.52. The average molecular weight is 536 g/mol. The number of halogens is 1. The molecule has 1 unspecified atom stereocenters. The van der Waals surface area contributed by atoms with Crippen LogP contribution in [0.15, 0.2) is 38.7 Å². The van der Waals surface area contributed by atoms with Crippen molar-refractivity contribution in [1.29, 1.82) is 0 Å². The van der Waals surface area contributed by atoms with E-state index in [0.717, 1.165) is 16.5 Å². The molecule has 2 heterocycles. The van der Waals surface area contributed by atoms with Crippen molar-refractivity contribution < 1.29 is 9.59 Å². The summed E-state index contributed by atoms with van der Waals surface area (Å²) in [5.74, 6) is -0.412. The van der Waals surface area contributed by atoms with Crippen LogP contribution in [0.1, 0.15) is 49.4 Å². The number of thioether (sulfide) groups is 1. The highest BCUT2D eigenvalue weighted by atomic mass is 79.9. The average Bonchev–Trinajstić information content (AvgIpc) is 2.80. The number of amides is 2. The molecule has 0 spiro atoms. The lowest BCUT2D eigenvalue weighted by molar-refractivity contribution is -0.134. The van der Waals surface area contributed by atoms with Crippen LogP contribution in [-0.4, -0.2) is 44.6 Å². The van der Waals surface area contributed by atoms with Crippen LogP contribution in [0.5, 0.6) is 0 Å². The number of aromatic nitrogens is 2. The number of likely N-dealkylation sites (tertiary alicyclic amines) is 1. The van der Waals surface area contributed by atoms with E-state index in [1.165, 1.54) is 11.8 Å². The minimum Gasteiger partial charge on any atom is -0.369 e. The molecule has 1 atom stereocenters. The van der Waals surface area contributed by atoms with Crippen LogP contribution in [0.4, 0.5) is 0 Å². The van der Waals surface area contributed by atoms with Gasteiger partial charge in [-0.1, -0.05) is 53.2 Å². The predicted octanol–water partition coefficient (Wildman–Crippen LogP) is 3.43. The van der Waals surface area contributed by atoms with Crippen LogP contribution in [0, 0.1) is 12.8 Å². The maximum Gasteiger partial charge on any atom is 0.257 e. The molecule has 2 N–H and O–H groups in total. The van der Waals surface area contributed by atoms with Gasteiger partial charge in [0.15, 0.2) is 5.16 Å². The molecule has 2 aromatic rings. The highest BCUT2D eigenvalue weighted by molar-refractivity contribution is 9.10. The molecule has 1 fully saturated rings. The van der Waals surface area contributed by atoms with Gasteiger partial charge in [-0.05, 0) is 43.9 Å². The molecule has 33 heavy (non-hydrogen) atoms. The molecule has 178 valence electrons. The summed E-state index contributed by atoms with van der Waals surface area (Å²) in [6.45, 7) is 4.96. The van der Waals surface area contributed by atoms with E-state index < -0.39 is 0 Å². The van der Waals surface area contributed by atoms with E-state index in [1.807, 2.05) is 43.0 Å². The van der Waals surface area contributed by atoms with Crippen LogP contribution in [0.25, 0.3) is 0 Å². The zero-order valence-corrected chi connectivity index (χ0v) is 21.7. The Bertz CT molecular complexity index is 1060. The number of hydrogen-bond donors (Lipinski definition) is 1. The monoisotopic (exact) mass is 534 g/mol. The molecule has 1 saturated heterocycles. The number of benzene rings is 1. The SMILES string of the molecule is CCCC(Sc1nc(C)c(Cc2ccc(Br)cc2)c(=O)n1C)C(=O)N1CCC(C(N)=O)CC1. The number of carbonyl (C=O) groups is 2. The van der Waals surface area contributed by atoms with Crippen LogP contribution in [0.2, 0.25) is 0 Å². The number of primary amides is 1. The summed E-state index contributed by atoms with van der Waals surface area (Å²) in [6, 6.07) is 7.89. The maximum absolute atomic E-state index is 13.3. The molecule has 1 aliphatic heterocycles. The number of aryl methyl sites for hydroxylation is 1. The van der Waals surface area contributed by atoms with Crippen LogP contribution in [-0.2, 0) is 23.1 Å². The quantitative estimate of drug-likeness (QED) is 0.413. The first-order valence-electron chi connectivity index (χ1n) is 11.3. The molecule has 0 radical (unpaired) electrons. The minimum absolute atomic E-state index is 0.0376. The molecule has 2 amide bonds. The Morgan fingerprint density at radius 1 is 1.24 bits per heavy atom. The van der Waals surface area contributed by atoms with Crippen molar-refractivity contribution in [2.75, 3.05) is 13.1 Å². The van der Waals surface area contributed by atoms with E-state index in [1.54, 1.807) is 11.6 Å². The van der Waals surface area contributed by atoms with Gasteiger partial charge in [0.25, 0.3) is 5.56 Å². The molecule has 0 saturated carbocycles. The van der Waals surface area contributed by atoms with Gasteiger partial charge >= 0.3 is 0 Å². The third kappa shape index (κ3) is 6.26. The van der Waals surface area contributed by atoms with Gasteiger partial charge in [0, 0.05) is 48.2 Å². The largest absolute Gasteiger partial charge is 0.369 e. The number of nitrogens with two attached hydrogens (primary N) is 1. The number of piperidine rings is 1. The Morgan fingerprint density at radius 3 is 2.45 bits per heavy atom. The van der Waals surface area contributed by atoms with Gasteiger partial charge in [-0.25, -0.2) is 4.98 Å². The molecule has 3 rings (SSSR count). The maximum atomic E-state index is 13.3. The molecule has 0 aliphatic carbocycles. The molecule has 0 bridgehead atoms. The fourth-order valence-corrected chi connectivity index (χ4v) is 5.61. The molecule has 1 aromatic carbocycles. The molecular weight excluding hydrogens is 504 g/mol. The second-order valence-corrected chi connectivity index (χ2v) is 10.6. The Hall–Kier alpha value is -2.13. The summed E-state index contributed by atoms with van der Waals surface area (Å²) in [4.78, 5) is 44.4. The van der Waals surface area contributed by atoms with Crippen LogP contribution < -0.4 is 11.3 Å². The van der Waals surface area contributed by atoms with Crippen molar-refractivity contribution in [1.82, 2.24) is 14.5 Å². The molecule has 9 heteroatoms. The Balaban J connectivity index is 1.78. The van der Waals surface area contributed by atoms with Gasteiger partial charge < -0.3 is 10.6 Å². The minimum atomic E-state index is -0.324. The highest BCUT2D eigenvalue weighted by Gasteiger charge is 2.31. The third-order valence-corrected chi connectivity index (χ3v) is 7.95. The smallest absolute Gasteiger partial charge is 0.257 e. The van der Waals surface area contributed by atoms with E-state index in [9.17, 15) is 14.4 Å². The van der Waals surface area contributed by atoms with Crippen molar-refractivity contribution >= 4 is 39.5 Å². The van der Waals surface area contributed by atoms with Crippen molar-refractivity contribution in [3.05, 3.63) is 55.9 Å². The number of nitrogens with zero attached hydrogens (tertiary/aromatic N) is 3. The van der Waals surface area contributed by atoms with Gasteiger partial charge in [0.2, 0.25) is 11.8 Å². The van der Waals surface area contributed by atoms with Gasteiger partial charge in [-0.15, -0.1) is 0 Å². The molecule has 1 aliphatic rings. The Labute approximate surface area is 207 Å². The summed E-state index contributed by atoms with van der Waals surface area (Å²) in [7, 11) is 1.72. The summed E-state index contributed by atoms with van der Waals surface area (Å²) < 4.78 is 2.55. The summed E-state index contributed by atoms with van der Waals surface area (Å²) in [5, 5.41) is 0.228. The first-order chi connectivity index (χ1) is 15.7. The lowest BCUT2D eigenvalue weighted by Gasteiger charge is -2.33. The van der Waals surface area contributed by atoms with E-state index in [-0.39, 0.29) is 28.5 Å². The van der Waals surface area contributed by atoms with Crippen molar-refractivity contribution in [3.63, 3.8) is 0 Å². The van der Waals surface area contributed by atoms with Gasteiger partial charge in [-0.2, -0.15) is 0 Å². The van der Waals surface area contributed by atoms with E-state index in [0.29, 0.717) is 55.2 Å². The lowest BCUT2D eigenvalue weighted by atomic mass is 9.96. The first-order valence-corrected chi connectivity index (χ1v) is 12.9. The van der Waals surface area contributed by atoms with Crippen molar-refractivity contribution in [3.8, 4) is 0 Å². The normalized spacial score (nSPS) is 15.5. The van der Waals surface area contributed by atoms with Crippen LogP contribution >= 0.6 is 27.7 Å². The van der Waals surface area contributed by atoms with Gasteiger partial charge in [-0.3, -0.25) is 19.0 Å². The predicted molar refractivity (Wildman–Crippen MR) is 134 cm³/mol. The zero-order chi connectivity index (χ0) is 24.1. The number of rotatable bonds is 8. The first kappa shape index (κ1) is 25.5. The van der Waals surface area contributed by atoms with Crippen molar-refractivity contribution in [2.24, 2.45) is 18.7 Å². The van der Waals surface area contributed by atoms with E-state index in [2.05, 4.69) is 15.9 Å². The molecular formula is C24H31BrN4O3S. The third-order valence-electron chi connectivity index (χ3n) is 6.13. The second kappa shape index (κ2) is 11.3. The van der Waals surface area contributed by atoms with Gasteiger partial charge in [0.05, 0.1) is 5.25 Å². The highest BCUT2D eigenvalue weighted by Crippen LogP contribution is 2.28. The summed E-state index contributed by atoms with van der Waals surface area (Å²) in [5.41, 5.74) is 7.73. The molecule has 7 nitrogen and oxygen atoms in total. The van der Waals surface area contributed by atoms with Gasteiger partial charge in [0.1, 0.15) is 0 Å². The van der Waals surface area contributed by atoms with Crippen molar-refractivity contribution in [2.45, 2.75) is 56.4 Å². The zero-order valence-electron chi connectivity index (χ0n) is 19.3. The fourth-order valence-electron chi connectivity index (χ4n) is 4.06. The lowest BCUT2D eigenvalue weighted by Crippen LogP contribution is -2.45. The topological polar surface area (TPSA) is 98.3 Å². The van der Waals surface area contributed by atoms with E-state index >= 15 is 0 Å². The number of hydrogen-bond acceptors (Lipinski definition) is 5. The summed E-state index contributed by atoms with van der Waals surface area (Å²) in [6.07, 6.45) is 3.25. The Morgan fingerprint density at radius 2 is 1.88 bits per heavy atom. The van der Waals surface area contributed by atoms with Crippen LogP contribution in [0.3, 0.4) is 0 Å². The molecule has 1 aromatic heterocycles.